The van der Waals surface area contributed by atoms with Gasteiger partial charge in [-0.3, -0.25) is 4.90 Å². The van der Waals surface area contributed by atoms with Crippen LogP contribution in [0.4, 0.5) is 14.6 Å². The van der Waals surface area contributed by atoms with Gasteiger partial charge in [-0.05, 0) is 62.4 Å². The van der Waals surface area contributed by atoms with Crippen molar-refractivity contribution >= 4 is 27.5 Å². The van der Waals surface area contributed by atoms with E-state index in [4.69, 9.17) is 25.6 Å². The lowest BCUT2D eigenvalue weighted by atomic mass is 9.95. The molecule has 0 aliphatic carbocycles. The van der Waals surface area contributed by atoms with Gasteiger partial charge in [0.15, 0.2) is 5.82 Å². The van der Waals surface area contributed by atoms with Gasteiger partial charge in [-0.1, -0.05) is 12.0 Å². The highest BCUT2D eigenvalue weighted by molar-refractivity contribution is 6.04. The first-order valence-electron chi connectivity index (χ1n) is 14.5. The molecule has 2 aromatic carbocycles. The molecule has 0 amide bonds. The van der Waals surface area contributed by atoms with Gasteiger partial charge >= 0.3 is 6.01 Å². The van der Waals surface area contributed by atoms with E-state index in [1.54, 1.807) is 0 Å². The number of pyridine rings is 1. The summed E-state index contributed by atoms with van der Waals surface area (Å²) in [7, 11) is 1.43. The molecule has 3 saturated heterocycles. The molecule has 3 aliphatic heterocycles. The van der Waals surface area contributed by atoms with Crippen LogP contribution in [0.15, 0.2) is 24.3 Å². The summed E-state index contributed by atoms with van der Waals surface area (Å²) in [5.41, 5.74) is -0.268. The van der Waals surface area contributed by atoms with E-state index in [9.17, 15) is 9.50 Å². The average Bonchev–Trinajstić information content (AvgIpc) is 3.61. The predicted molar refractivity (Wildman–Crippen MR) is 158 cm³/mol. The Balaban J connectivity index is 1.44. The molecule has 9 nitrogen and oxygen atoms in total. The van der Waals surface area contributed by atoms with Crippen LogP contribution < -0.4 is 14.4 Å². The largest absolute Gasteiger partial charge is 0.508 e. The van der Waals surface area contributed by atoms with Crippen LogP contribution in [0.2, 0.25) is 0 Å². The van der Waals surface area contributed by atoms with Crippen molar-refractivity contribution in [2.24, 2.45) is 0 Å². The fourth-order valence-corrected chi connectivity index (χ4v) is 6.91. The topological polar surface area (TPSA) is 93.1 Å². The molecule has 0 unspecified atom stereocenters. The highest BCUT2D eigenvalue weighted by atomic mass is 19.1. The number of ether oxygens (including phenoxy) is 3. The number of benzene rings is 2. The molecule has 0 bridgehead atoms. The molecule has 0 spiro atoms. The molecule has 0 atom stereocenters. The number of anilines is 1. The Morgan fingerprint density at radius 3 is 2.53 bits per heavy atom. The zero-order chi connectivity index (χ0) is 29.7. The minimum atomic E-state index is -0.793. The van der Waals surface area contributed by atoms with E-state index < -0.39 is 11.6 Å². The number of terminal acetylenes is 1. The first-order chi connectivity index (χ1) is 20.9. The maximum Gasteiger partial charge on any atom is 0.319 e. The molecular weight excluding hydrogens is 556 g/mol. The zero-order valence-corrected chi connectivity index (χ0v) is 23.8. The van der Waals surface area contributed by atoms with Crippen LogP contribution in [0.1, 0.15) is 31.2 Å². The summed E-state index contributed by atoms with van der Waals surface area (Å²) in [6.45, 7) is 4.49. The maximum absolute atomic E-state index is 16.8. The molecule has 0 saturated carbocycles. The zero-order valence-electron chi connectivity index (χ0n) is 23.8. The van der Waals surface area contributed by atoms with E-state index >= 15 is 4.39 Å². The molecule has 0 radical (unpaired) electrons. The molecule has 5 heterocycles. The van der Waals surface area contributed by atoms with Crippen molar-refractivity contribution in [2.45, 2.75) is 31.2 Å². The minimum Gasteiger partial charge on any atom is -0.508 e. The number of rotatable bonds is 6. The fraction of sp³-hybridized carbons (Fsp3) is 0.406. The summed E-state index contributed by atoms with van der Waals surface area (Å²) in [6.07, 6.45) is 9.97. The van der Waals surface area contributed by atoms with Gasteiger partial charge in [0.1, 0.15) is 40.6 Å². The second kappa shape index (κ2) is 10.8. The average molecular weight is 588 g/mol. The van der Waals surface area contributed by atoms with Gasteiger partial charge in [0.2, 0.25) is 5.88 Å². The van der Waals surface area contributed by atoms with Crippen molar-refractivity contribution in [3.05, 3.63) is 41.5 Å². The highest BCUT2D eigenvalue weighted by Crippen LogP contribution is 2.43. The van der Waals surface area contributed by atoms with Crippen LogP contribution in [-0.2, 0) is 4.74 Å². The van der Waals surface area contributed by atoms with Crippen LogP contribution in [-0.4, -0.2) is 83.6 Å². The number of phenols is 1. The second-order valence-corrected chi connectivity index (χ2v) is 11.3. The van der Waals surface area contributed by atoms with Crippen molar-refractivity contribution in [3.8, 4) is 41.2 Å². The summed E-state index contributed by atoms with van der Waals surface area (Å²) in [6, 6.07) is 5.50. The van der Waals surface area contributed by atoms with E-state index in [1.807, 2.05) is 4.90 Å². The number of hydrogen-bond donors (Lipinski definition) is 1. The standard InChI is InChI=1S/C32H31F2N5O4/c1-3-21-23(33)7-6-19-16-20(40)17-22(24(19)21)27-26(34)28-25(30(35-27)41-2)29(38-12-14-42-15-13-38)37-31(36-28)43-18-32-8-4-10-39(32)11-5-9-32/h1,6-7,16-17,40H,4-5,8-15,18H2,2H3. The summed E-state index contributed by atoms with van der Waals surface area (Å²) >= 11 is 0. The first kappa shape index (κ1) is 27.6. The number of phenolic OH excluding ortho intramolecular Hbond substituents is 1. The quantitative estimate of drug-likeness (QED) is 0.323. The highest BCUT2D eigenvalue weighted by Gasteiger charge is 2.45. The molecule has 2 aromatic heterocycles. The summed E-state index contributed by atoms with van der Waals surface area (Å²) in [4.78, 5) is 18.3. The Hall–Kier alpha value is -4.27. The van der Waals surface area contributed by atoms with Crippen LogP contribution in [0.3, 0.4) is 0 Å². The summed E-state index contributed by atoms with van der Waals surface area (Å²) in [5, 5.41) is 11.5. The number of halogens is 2. The van der Waals surface area contributed by atoms with Crippen LogP contribution >= 0.6 is 0 Å². The lowest BCUT2D eigenvalue weighted by Gasteiger charge is -2.32. The van der Waals surface area contributed by atoms with Gasteiger partial charge in [0, 0.05) is 24.0 Å². The third-order valence-corrected chi connectivity index (χ3v) is 8.95. The molecule has 11 heteroatoms. The van der Waals surface area contributed by atoms with E-state index in [0.29, 0.717) is 44.1 Å². The third kappa shape index (κ3) is 4.56. The Bertz CT molecular complexity index is 1780. The Labute approximate surface area is 247 Å². The van der Waals surface area contributed by atoms with Crippen molar-refractivity contribution in [3.63, 3.8) is 0 Å². The number of aromatic nitrogens is 3. The van der Waals surface area contributed by atoms with Gasteiger partial charge in [0.05, 0.1) is 31.4 Å². The van der Waals surface area contributed by atoms with E-state index in [1.165, 1.54) is 31.4 Å². The molecule has 43 heavy (non-hydrogen) atoms. The Kier molecular flexibility index (Phi) is 6.91. The van der Waals surface area contributed by atoms with Crippen LogP contribution in [0.25, 0.3) is 32.9 Å². The fourth-order valence-electron chi connectivity index (χ4n) is 6.91. The normalized spacial score (nSPS) is 18.2. The van der Waals surface area contributed by atoms with Crippen molar-refractivity contribution in [1.82, 2.24) is 19.9 Å². The number of fused-ring (bicyclic) bond motifs is 3. The molecular formula is C32H31F2N5O4. The Morgan fingerprint density at radius 1 is 1.05 bits per heavy atom. The maximum atomic E-state index is 16.8. The molecule has 3 fully saturated rings. The monoisotopic (exact) mass is 587 g/mol. The van der Waals surface area contributed by atoms with Crippen molar-refractivity contribution in [2.75, 3.05) is 58.0 Å². The van der Waals surface area contributed by atoms with E-state index in [2.05, 4.69) is 20.8 Å². The van der Waals surface area contributed by atoms with Crippen molar-refractivity contribution < 1.29 is 28.1 Å². The predicted octanol–water partition coefficient (Wildman–Crippen LogP) is 4.66. The SMILES string of the molecule is C#Cc1c(F)ccc2cc(O)cc(-c3nc(OC)c4c(N5CCOCC5)nc(OCC56CCCN5CCC6)nc4c3F)c12. The van der Waals surface area contributed by atoms with E-state index in [0.717, 1.165) is 38.8 Å². The number of hydrogen-bond acceptors (Lipinski definition) is 9. The summed E-state index contributed by atoms with van der Waals surface area (Å²) in [5.74, 6) is 1.28. The van der Waals surface area contributed by atoms with Crippen LogP contribution in [0.5, 0.6) is 17.6 Å². The third-order valence-electron chi connectivity index (χ3n) is 8.95. The molecule has 222 valence electrons. The smallest absolute Gasteiger partial charge is 0.319 e. The number of aromatic hydroxyl groups is 1. The lowest BCUT2D eigenvalue weighted by molar-refractivity contribution is 0.107. The number of methoxy groups -OCH3 is 1. The molecule has 1 N–H and O–H groups in total. The first-order valence-corrected chi connectivity index (χ1v) is 14.5. The van der Waals surface area contributed by atoms with Gasteiger partial charge in [0.25, 0.3) is 0 Å². The van der Waals surface area contributed by atoms with Crippen molar-refractivity contribution in [1.29, 1.82) is 0 Å². The van der Waals surface area contributed by atoms with E-state index in [-0.39, 0.29) is 56.3 Å². The van der Waals surface area contributed by atoms with Gasteiger partial charge in [-0.15, -0.1) is 6.42 Å². The molecule has 4 aromatic rings. The second-order valence-electron chi connectivity index (χ2n) is 11.3. The number of morpholine rings is 1. The summed E-state index contributed by atoms with van der Waals surface area (Å²) < 4.78 is 49.2. The van der Waals surface area contributed by atoms with Gasteiger partial charge < -0.3 is 24.2 Å². The van der Waals surface area contributed by atoms with Crippen LogP contribution in [0, 0.1) is 24.0 Å². The Morgan fingerprint density at radius 2 is 1.81 bits per heavy atom. The molecule has 7 rings (SSSR count). The lowest BCUT2D eigenvalue weighted by Crippen LogP contribution is -2.43. The number of nitrogens with zero attached hydrogens (tertiary/aromatic N) is 5. The van der Waals surface area contributed by atoms with Gasteiger partial charge in [-0.2, -0.15) is 9.97 Å². The molecule has 3 aliphatic rings. The minimum absolute atomic E-state index is 0.0522. The van der Waals surface area contributed by atoms with Gasteiger partial charge in [-0.25, -0.2) is 13.8 Å².